The molecule has 1 aliphatic carbocycles. The van der Waals surface area contributed by atoms with Crippen LogP contribution in [0, 0.1) is 11.3 Å². The van der Waals surface area contributed by atoms with Crippen molar-refractivity contribution in [2.24, 2.45) is 0 Å². The highest BCUT2D eigenvalue weighted by Crippen LogP contribution is 2.34. The molecule has 0 spiro atoms. The summed E-state index contributed by atoms with van der Waals surface area (Å²) in [5.74, 6) is -1.01. The van der Waals surface area contributed by atoms with Gasteiger partial charge in [0.15, 0.2) is 0 Å². The number of nitrogens with one attached hydrogen (secondary N) is 1. The number of nitrogens with zero attached hydrogens (tertiary/aromatic N) is 1. The van der Waals surface area contributed by atoms with Gasteiger partial charge in [-0.3, -0.25) is 4.79 Å². The number of benzene rings is 1. The Kier molecular flexibility index (Phi) is 4.30. The van der Waals surface area contributed by atoms with Crippen LogP contribution in [0.25, 0.3) is 0 Å². The quantitative estimate of drug-likeness (QED) is 0.859. The van der Waals surface area contributed by atoms with E-state index >= 15 is 0 Å². The van der Waals surface area contributed by atoms with Crippen molar-refractivity contribution < 1.29 is 18.3 Å². The smallest absolute Gasteiger partial charge is 0.305 e. The molecule has 112 valence electrons. The summed E-state index contributed by atoms with van der Waals surface area (Å²) in [5.41, 5.74) is -0.534. The lowest BCUT2D eigenvalue weighted by Crippen LogP contribution is -2.47. The molecule has 0 aliphatic heterocycles. The Hall–Kier alpha value is -1.91. The van der Waals surface area contributed by atoms with Crippen LogP contribution in [0.2, 0.25) is 0 Å². The van der Waals surface area contributed by atoms with Crippen molar-refractivity contribution in [3.8, 4) is 6.07 Å². The van der Waals surface area contributed by atoms with Gasteiger partial charge in [-0.1, -0.05) is 12.8 Å². The summed E-state index contributed by atoms with van der Waals surface area (Å²) >= 11 is 0. The second-order valence-electron chi connectivity index (χ2n) is 5.30. The highest BCUT2D eigenvalue weighted by Gasteiger charge is 2.39. The van der Waals surface area contributed by atoms with Gasteiger partial charge in [0.2, 0.25) is 10.0 Å². The Labute approximate surface area is 123 Å². The molecule has 2 N–H and O–H groups in total. The molecule has 21 heavy (non-hydrogen) atoms. The molecular weight excluding hydrogens is 292 g/mol. The summed E-state index contributed by atoms with van der Waals surface area (Å²) in [6, 6.07) is 7.47. The first-order valence-corrected chi connectivity index (χ1v) is 8.11. The van der Waals surface area contributed by atoms with Crippen LogP contribution in [0.3, 0.4) is 0 Å². The number of rotatable bonds is 5. The minimum atomic E-state index is -3.80. The number of hydrogen-bond acceptors (Lipinski definition) is 4. The van der Waals surface area contributed by atoms with E-state index in [9.17, 15) is 13.2 Å². The fraction of sp³-hybridized carbons (Fsp3) is 0.429. The summed E-state index contributed by atoms with van der Waals surface area (Å²) in [5, 5.41) is 17.7. The largest absolute Gasteiger partial charge is 0.481 e. The van der Waals surface area contributed by atoms with Crippen molar-refractivity contribution in [2.45, 2.75) is 42.5 Å². The molecule has 0 atom stereocenters. The maximum absolute atomic E-state index is 12.4. The number of carboxylic acids is 1. The predicted octanol–water partition coefficient (Wildman–Crippen LogP) is 1.62. The van der Waals surface area contributed by atoms with E-state index in [1.807, 2.05) is 6.07 Å². The Bertz CT molecular complexity index is 668. The van der Waals surface area contributed by atoms with Crippen molar-refractivity contribution >= 4 is 16.0 Å². The zero-order chi connectivity index (χ0) is 15.5. The molecule has 1 aromatic rings. The predicted molar refractivity (Wildman–Crippen MR) is 74.9 cm³/mol. The minimum absolute atomic E-state index is 0.0400. The van der Waals surface area contributed by atoms with Gasteiger partial charge >= 0.3 is 5.97 Å². The normalized spacial score (nSPS) is 17.3. The number of sulfonamides is 1. The Balaban J connectivity index is 2.26. The van der Waals surface area contributed by atoms with E-state index in [1.165, 1.54) is 24.3 Å². The van der Waals surface area contributed by atoms with E-state index < -0.39 is 21.5 Å². The maximum Gasteiger partial charge on any atom is 0.305 e. The SMILES string of the molecule is N#Cc1ccc(S(=O)(=O)NC2(CC(=O)O)CCCC2)cc1. The van der Waals surface area contributed by atoms with Crippen LogP contribution in [-0.4, -0.2) is 25.0 Å². The van der Waals surface area contributed by atoms with Crippen LogP contribution in [0.4, 0.5) is 0 Å². The monoisotopic (exact) mass is 308 g/mol. The van der Waals surface area contributed by atoms with Crippen LogP contribution >= 0.6 is 0 Å². The van der Waals surface area contributed by atoms with Crippen LogP contribution in [-0.2, 0) is 14.8 Å². The Morgan fingerprint density at radius 1 is 1.29 bits per heavy atom. The lowest BCUT2D eigenvalue weighted by atomic mass is 9.95. The first kappa shape index (κ1) is 15.5. The first-order chi connectivity index (χ1) is 9.87. The second kappa shape index (κ2) is 5.84. The zero-order valence-electron chi connectivity index (χ0n) is 11.4. The van der Waals surface area contributed by atoms with E-state index in [1.54, 1.807) is 0 Å². The molecular formula is C14H16N2O4S. The number of hydrogen-bond donors (Lipinski definition) is 2. The molecule has 1 saturated carbocycles. The van der Waals surface area contributed by atoms with E-state index in [-0.39, 0.29) is 11.3 Å². The fourth-order valence-corrected chi connectivity index (χ4v) is 4.17. The Morgan fingerprint density at radius 2 is 1.86 bits per heavy atom. The molecule has 0 saturated heterocycles. The van der Waals surface area contributed by atoms with Crippen molar-refractivity contribution in [1.82, 2.24) is 4.72 Å². The van der Waals surface area contributed by atoms with Crippen LogP contribution in [0.15, 0.2) is 29.2 Å². The van der Waals surface area contributed by atoms with E-state index in [0.29, 0.717) is 18.4 Å². The fourth-order valence-electron chi connectivity index (χ4n) is 2.71. The van der Waals surface area contributed by atoms with Gasteiger partial charge in [0, 0.05) is 5.54 Å². The summed E-state index contributed by atoms with van der Waals surface area (Å²) in [4.78, 5) is 11.0. The molecule has 0 unspecified atom stereocenters. The third kappa shape index (κ3) is 3.60. The molecule has 0 amide bonds. The molecule has 0 aromatic heterocycles. The van der Waals surface area contributed by atoms with E-state index in [4.69, 9.17) is 10.4 Å². The van der Waals surface area contributed by atoms with E-state index in [0.717, 1.165) is 12.8 Å². The molecule has 6 nitrogen and oxygen atoms in total. The van der Waals surface area contributed by atoms with Gasteiger partial charge in [0.05, 0.1) is 22.9 Å². The zero-order valence-corrected chi connectivity index (χ0v) is 12.2. The van der Waals surface area contributed by atoms with Gasteiger partial charge < -0.3 is 5.11 Å². The summed E-state index contributed by atoms with van der Waals surface area (Å²) in [7, 11) is -3.80. The molecule has 0 heterocycles. The number of aliphatic carboxylic acids is 1. The molecule has 0 bridgehead atoms. The number of carboxylic acid groups (broad SMARTS) is 1. The number of carbonyl (C=O) groups is 1. The standard InChI is InChI=1S/C14H16N2O4S/c15-10-11-3-5-12(6-4-11)21(19,20)16-14(9-13(17)18)7-1-2-8-14/h3-6,16H,1-2,7-9H2,(H,17,18). The molecule has 0 radical (unpaired) electrons. The lowest BCUT2D eigenvalue weighted by molar-refractivity contribution is -0.138. The van der Waals surface area contributed by atoms with Crippen LogP contribution < -0.4 is 4.72 Å². The highest BCUT2D eigenvalue weighted by atomic mass is 32.2. The molecule has 1 aromatic carbocycles. The lowest BCUT2D eigenvalue weighted by Gasteiger charge is -2.28. The van der Waals surface area contributed by atoms with Crippen molar-refractivity contribution in [2.75, 3.05) is 0 Å². The van der Waals surface area contributed by atoms with E-state index in [2.05, 4.69) is 4.72 Å². The van der Waals surface area contributed by atoms with Gasteiger partial charge in [-0.2, -0.15) is 5.26 Å². The minimum Gasteiger partial charge on any atom is -0.481 e. The van der Waals surface area contributed by atoms with Crippen LogP contribution in [0.1, 0.15) is 37.7 Å². The average molecular weight is 308 g/mol. The first-order valence-electron chi connectivity index (χ1n) is 6.63. The molecule has 1 fully saturated rings. The molecule has 7 heteroatoms. The van der Waals surface area contributed by atoms with Crippen LogP contribution in [0.5, 0.6) is 0 Å². The highest BCUT2D eigenvalue weighted by molar-refractivity contribution is 7.89. The third-order valence-corrected chi connectivity index (χ3v) is 5.29. The summed E-state index contributed by atoms with van der Waals surface area (Å²) < 4.78 is 27.3. The second-order valence-corrected chi connectivity index (χ2v) is 6.98. The third-order valence-electron chi connectivity index (χ3n) is 3.69. The molecule has 1 aliphatic rings. The number of nitriles is 1. The topological polar surface area (TPSA) is 107 Å². The summed E-state index contributed by atoms with van der Waals surface area (Å²) in [6.07, 6.45) is 2.44. The van der Waals surface area contributed by atoms with Crippen molar-refractivity contribution in [3.63, 3.8) is 0 Å². The van der Waals surface area contributed by atoms with Gasteiger partial charge in [-0.15, -0.1) is 0 Å². The van der Waals surface area contributed by atoms with Gasteiger partial charge in [0.25, 0.3) is 0 Å². The van der Waals surface area contributed by atoms with Crippen molar-refractivity contribution in [3.05, 3.63) is 29.8 Å². The average Bonchev–Trinajstić information content (AvgIpc) is 2.85. The maximum atomic E-state index is 12.4. The Morgan fingerprint density at radius 3 is 2.33 bits per heavy atom. The summed E-state index contributed by atoms with van der Waals surface area (Å²) in [6.45, 7) is 0. The van der Waals surface area contributed by atoms with Gasteiger partial charge in [0.1, 0.15) is 0 Å². The van der Waals surface area contributed by atoms with Gasteiger partial charge in [-0.05, 0) is 37.1 Å². The molecule has 2 rings (SSSR count). The van der Waals surface area contributed by atoms with Gasteiger partial charge in [-0.25, -0.2) is 13.1 Å². The van der Waals surface area contributed by atoms with Crippen molar-refractivity contribution in [1.29, 1.82) is 5.26 Å².